The highest BCUT2D eigenvalue weighted by Crippen LogP contribution is 2.42. The van der Waals surface area contributed by atoms with E-state index >= 15 is 0 Å². The average Bonchev–Trinajstić information content (AvgIpc) is 3.52. The van der Waals surface area contributed by atoms with Gasteiger partial charge in [-0.05, 0) is 56.5 Å². The van der Waals surface area contributed by atoms with Crippen molar-refractivity contribution in [2.24, 2.45) is 5.92 Å². The zero-order chi connectivity index (χ0) is 27.7. The van der Waals surface area contributed by atoms with Crippen molar-refractivity contribution in [2.45, 2.75) is 45.3 Å². The number of hydrogen-bond donors (Lipinski definition) is 1. The molecule has 0 bridgehead atoms. The average molecular weight is 555 g/mol. The number of halogens is 2. The van der Waals surface area contributed by atoms with Gasteiger partial charge < -0.3 is 23.9 Å². The molecule has 1 N–H and O–H groups in total. The molecule has 204 valence electrons. The molecule has 9 nitrogen and oxygen atoms in total. The van der Waals surface area contributed by atoms with E-state index in [2.05, 4.69) is 9.97 Å². The van der Waals surface area contributed by atoms with Crippen LogP contribution in [0.25, 0.3) is 22.6 Å². The number of methoxy groups -OCH3 is 1. The first-order valence-electron chi connectivity index (χ1n) is 12.6. The molecule has 0 aliphatic heterocycles. The number of nitrogens with zero attached hydrogens (tertiary/aromatic N) is 4. The van der Waals surface area contributed by atoms with Crippen LogP contribution in [-0.2, 0) is 11.3 Å². The number of imidazole rings is 1. The molecule has 2 heterocycles. The summed E-state index contributed by atoms with van der Waals surface area (Å²) in [5.41, 5.74) is 1.78. The minimum Gasteiger partial charge on any atom is -0.496 e. The van der Waals surface area contributed by atoms with Crippen LogP contribution in [0.4, 0.5) is 4.39 Å². The van der Waals surface area contributed by atoms with Crippen molar-refractivity contribution in [1.82, 2.24) is 19.5 Å². The predicted molar refractivity (Wildman–Crippen MR) is 143 cm³/mol. The lowest BCUT2D eigenvalue weighted by Gasteiger charge is -2.15. The van der Waals surface area contributed by atoms with Crippen LogP contribution in [0.2, 0.25) is 5.02 Å². The number of benzene rings is 2. The van der Waals surface area contributed by atoms with Gasteiger partial charge in [0.25, 0.3) is 0 Å². The van der Waals surface area contributed by atoms with E-state index in [-0.39, 0.29) is 18.8 Å². The van der Waals surface area contributed by atoms with E-state index < -0.39 is 17.7 Å². The maximum absolute atomic E-state index is 14.2. The van der Waals surface area contributed by atoms with Crippen molar-refractivity contribution < 1.29 is 28.5 Å². The first-order chi connectivity index (χ1) is 18.7. The molecule has 0 unspecified atom stereocenters. The molecule has 0 spiro atoms. The molecular weight excluding hydrogens is 527 g/mol. The summed E-state index contributed by atoms with van der Waals surface area (Å²) in [7, 11) is 1.52. The summed E-state index contributed by atoms with van der Waals surface area (Å²) in [6, 6.07) is 9.60. The number of ether oxygens (including phenoxy) is 3. The zero-order valence-corrected chi connectivity index (χ0v) is 22.5. The van der Waals surface area contributed by atoms with Crippen LogP contribution in [0.1, 0.15) is 38.7 Å². The van der Waals surface area contributed by atoms with Crippen LogP contribution >= 0.6 is 11.6 Å². The second kappa shape index (κ2) is 10.7. The second-order valence-corrected chi connectivity index (χ2v) is 10.3. The Kier molecular flexibility index (Phi) is 7.31. The summed E-state index contributed by atoms with van der Waals surface area (Å²) < 4.78 is 33.6. The molecule has 0 radical (unpaired) electrons. The summed E-state index contributed by atoms with van der Waals surface area (Å²) in [6.07, 6.45) is 3.57. The van der Waals surface area contributed by atoms with E-state index in [4.69, 9.17) is 35.9 Å². The molecule has 5 rings (SSSR count). The molecule has 4 aromatic rings. The Hall–Kier alpha value is -3.92. The molecule has 2 aromatic carbocycles. The van der Waals surface area contributed by atoms with Crippen molar-refractivity contribution in [1.29, 1.82) is 0 Å². The molecule has 0 saturated heterocycles. The quantitative estimate of drug-likeness (QED) is 0.249. The van der Waals surface area contributed by atoms with Crippen LogP contribution in [-0.4, -0.2) is 49.9 Å². The van der Waals surface area contributed by atoms with Crippen molar-refractivity contribution in [2.75, 3.05) is 13.7 Å². The maximum Gasteiger partial charge on any atom is 0.306 e. The lowest BCUT2D eigenvalue weighted by Crippen LogP contribution is -2.13. The monoisotopic (exact) mass is 554 g/mol. The number of aromatic nitrogens is 4. The van der Waals surface area contributed by atoms with Gasteiger partial charge in [0.05, 0.1) is 31.2 Å². The van der Waals surface area contributed by atoms with Gasteiger partial charge in [0.2, 0.25) is 5.88 Å². The highest BCUT2D eigenvalue weighted by Gasteiger charge is 2.41. The summed E-state index contributed by atoms with van der Waals surface area (Å²) in [6.45, 7) is 3.99. The smallest absolute Gasteiger partial charge is 0.306 e. The number of carboxylic acids is 1. The molecule has 1 aliphatic rings. The van der Waals surface area contributed by atoms with Gasteiger partial charge in [0.15, 0.2) is 11.2 Å². The van der Waals surface area contributed by atoms with Gasteiger partial charge in [-0.1, -0.05) is 24.6 Å². The molecular formula is C28H28ClFN4O5. The van der Waals surface area contributed by atoms with E-state index in [0.29, 0.717) is 56.9 Å². The topological polar surface area (TPSA) is 109 Å². The fourth-order valence-electron chi connectivity index (χ4n) is 4.16. The normalized spacial score (nSPS) is 14.7. The maximum atomic E-state index is 14.2. The SMILES string of the molecule is COc1ccc(F)cc1Cn1c(-c2cccc(OCC[C@@H](C)C(=O)O)c2Cl)nc2c(OC3(C)CC3)ncnc21. The van der Waals surface area contributed by atoms with Crippen LogP contribution < -0.4 is 14.2 Å². The minimum atomic E-state index is -0.890. The number of fused-ring (bicyclic) bond motifs is 1. The Bertz CT molecular complexity index is 1540. The highest BCUT2D eigenvalue weighted by molar-refractivity contribution is 6.34. The van der Waals surface area contributed by atoms with Crippen molar-refractivity contribution in [3.63, 3.8) is 0 Å². The Balaban J connectivity index is 1.60. The van der Waals surface area contributed by atoms with Gasteiger partial charge in [-0.2, -0.15) is 4.98 Å². The van der Waals surface area contributed by atoms with Crippen molar-refractivity contribution in [3.05, 3.63) is 59.1 Å². The van der Waals surface area contributed by atoms with E-state index in [1.54, 1.807) is 31.2 Å². The number of rotatable bonds is 11. The molecule has 0 amide bonds. The molecule has 1 atom stereocenters. The van der Waals surface area contributed by atoms with Gasteiger partial charge in [0, 0.05) is 11.1 Å². The largest absolute Gasteiger partial charge is 0.496 e. The fourth-order valence-corrected chi connectivity index (χ4v) is 4.43. The number of carbonyl (C=O) groups is 1. The van der Waals surface area contributed by atoms with Crippen LogP contribution in [0, 0.1) is 11.7 Å². The molecule has 1 aliphatic carbocycles. The van der Waals surface area contributed by atoms with Crippen LogP contribution in [0.15, 0.2) is 42.7 Å². The third kappa shape index (κ3) is 5.61. The van der Waals surface area contributed by atoms with E-state index in [1.165, 1.54) is 25.6 Å². The summed E-state index contributed by atoms with van der Waals surface area (Å²) >= 11 is 6.82. The molecule has 2 aromatic heterocycles. The predicted octanol–water partition coefficient (Wildman–Crippen LogP) is 5.76. The first-order valence-corrected chi connectivity index (χ1v) is 12.9. The van der Waals surface area contributed by atoms with Crippen molar-refractivity contribution >= 4 is 28.7 Å². The number of aliphatic carboxylic acids is 1. The fraction of sp³-hybridized carbons (Fsp3) is 0.357. The zero-order valence-electron chi connectivity index (χ0n) is 21.8. The first kappa shape index (κ1) is 26.7. The molecule has 1 fully saturated rings. The molecule has 11 heteroatoms. The van der Waals surface area contributed by atoms with Crippen LogP contribution in [0.5, 0.6) is 17.4 Å². The van der Waals surface area contributed by atoms with Crippen LogP contribution in [0.3, 0.4) is 0 Å². The van der Waals surface area contributed by atoms with E-state index in [9.17, 15) is 9.18 Å². The van der Waals surface area contributed by atoms with E-state index in [1.807, 2.05) is 11.5 Å². The minimum absolute atomic E-state index is 0.176. The third-order valence-electron chi connectivity index (χ3n) is 6.80. The molecule has 39 heavy (non-hydrogen) atoms. The van der Waals surface area contributed by atoms with Gasteiger partial charge in [-0.15, -0.1) is 0 Å². The lowest BCUT2D eigenvalue weighted by atomic mass is 10.1. The van der Waals surface area contributed by atoms with E-state index in [0.717, 1.165) is 12.8 Å². The van der Waals surface area contributed by atoms with Gasteiger partial charge >= 0.3 is 5.97 Å². The van der Waals surface area contributed by atoms with Gasteiger partial charge in [-0.25, -0.2) is 14.4 Å². The number of hydrogen-bond acceptors (Lipinski definition) is 7. The molecule has 1 saturated carbocycles. The lowest BCUT2D eigenvalue weighted by molar-refractivity contribution is -0.141. The summed E-state index contributed by atoms with van der Waals surface area (Å²) in [4.78, 5) is 24.9. The second-order valence-electron chi connectivity index (χ2n) is 9.87. The van der Waals surface area contributed by atoms with Gasteiger partial charge in [0.1, 0.15) is 35.1 Å². The number of carboxylic acid groups (broad SMARTS) is 1. The van der Waals surface area contributed by atoms with Crippen molar-refractivity contribution in [3.8, 4) is 28.8 Å². The van der Waals surface area contributed by atoms with Gasteiger partial charge in [-0.3, -0.25) is 4.79 Å². The Labute approximate surface area is 229 Å². The standard InChI is InChI=1S/C28H28ClFN4O5/c1-16(27(35)36)9-12-38-21-6-4-5-19(22(21)29)24-33-23-25(31-15-32-26(23)39-28(2)10-11-28)34(24)14-17-13-18(30)7-8-20(17)37-3/h4-8,13,15-16H,9-12,14H2,1-3H3,(H,35,36)/t16-/m1/s1. The Morgan fingerprint density at radius 2 is 2.03 bits per heavy atom. The Morgan fingerprint density at radius 3 is 2.74 bits per heavy atom. The summed E-state index contributed by atoms with van der Waals surface area (Å²) in [5.74, 6) is -0.130. The Morgan fingerprint density at radius 1 is 1.23 bits per heavy atom. The highest BCUT2D eigenvalue weighted by atomic mass is 35.5. The summed E-state index contributed by atoms with van der Waals surface area (Å²) in [5, 5.41) is 9.45. The third-order valence-corrected chi connectivity index (χ3v) is 7.19.